The Balaban J connectivity index is 2.72. The standard InChI is InChI=1S/C8H7BrClN3/c1-13-11-7-2-5(4-9)6(10)3-8(7)12-13/h2-3H,4H2,1H3. The van der Waals surface area contributed by atoms with E-state index in [1.807, 2.05) is 12.1 Å². The average Bonchev–Trinajstić information content (AvgIpc) is 2.42. The first kappa shape index (κ1) is 8.97. The molecule has 0 radical (unpaired) electrons. The van der Waals surface area contributed by atoms with Gasteiger partial charge in [-0.15, -0.1) is 0 Å². The van der Waals surface area contributed by atoms with Crippen LogP contribution in [0.5, 0.6) is 0 Å². The molecule has 0 saturated heterocycles. The van der Waals surface area contributed by atoms with Gasteiger partial charge < -0.3 is 0 Å². The lowest BCUT2D eigenvalue weighted by Gasteiger charge is -1.97. The van der Waals surface area contributed by atoms with Gasteiger partial charge in [0, 0.05) is 17.4 Å². The van der Waals surface area contributed by atoms with Crippen LogP contribution in [0.4, 0.5) is 0 Å². The van der Waals surface area contributed by atoms with Gasteiger partial charge in [-0.05, 0) is 17.7 Å². The summed E-state index contributed by atoms with van der Waals surface area (Å²) in [6.07, 6.45) is 0. The van der Waals surface area contributed by atoms with E-state index >= 15 is 0 Å². The lowest BCUT2D eigenvalue weighted by molar-refractivity contribution is 0.665. The first-order valence-corrected chi connectivity index (χ1v) is 5.26. The number of benzene rings is 1. The second-order valence-electron chi connectivity index (χ2n) is 2.76. The van der Waals surface area contributed by atoms with Crippen molar-refractivity contribution in [2.24, 2.45) is 7.05 Å². The number of fused-ring (bicyclic) bond motifs is 1. The highest BCUT2D eigenvalue weighted by molar-refractivity contribution is 9.08. The molecule has 0 aliphatic heterocycles. The summed E-state index contributed by atoms with van der Waals surface area (Å²) in [7, 11) is 1.79. The van der Waals surface area contributed by atoms with E-state index < -0.39 is 0 Å². The predicted molar refractivity (Wildman–Crippen MR) is 56.2 cm³/mol. The molecule has 0 aliphatic rings. The van der Waals surface area contributed by atoms with E-state index in [2.05, 4.69) is 26.1 Å². The second-order valence-corrected chi connectivity index (χ2v) is 3.72. The van der Waals surface area contributed by atoms with Gasteiger partial charge in [0.2, 0.25) is 0 Å². The number of aromatic nitrogens is 3. The molecular weight excluding hydrogens is 253 g/mol. The summed E-state index contributed by atoms with van der Waals surface area (Å²) in [6, 6.07) is 3.78. The van der Waals surface area contributed by atoms with Gasteiger partial charge in [-0.3, -0.25) is 0 Å². The number of hydrogen-bond donors (Lipinski definition) is 0. The summed E-state index contributed by atoms with van der Waals surface area (Å²) in [5, 5.41) is 9.81. The lowest BCUT2D eigenvalue weighted by atomic mass is 10.2. The molecule has 2 aromatic rings. The maximum atomic E-state index is 6.01. The maximum absolute atomic E-state index is 6.01. The second kappa shape index (κ2) is 3.27. The van der Waals surface area contributed by atoms with Crippen molar-refractivity contribution in [3.63, 3.8) is 0 Å². The van der Waals surface area contributed by atoms with Crippen molar-refractivity contribution in [2.75, 3.05) is 0 Å². The van der Waals surface area contributed by atoms with E-state index in [1.54, 1.807) is 11.8 Å². The largest absolute Gasteiger partial charge is 0.187 e. The van der Waals surface area contributed by atoms with Crippen LogP contribution in [0.15, 0.2) is 12.1 Å². The zero-order chi connectivity index (χ0) is 9.42. The van der Waals surface area contributed by atoms with Crippen LogP contribution in [-0.4, -0.2) is 15.0 Å². The van der Waals surface area contributed by atoms with Crippen LogP contribution in [0.25, 0.3) is 11.0 Å². The smallest absolute Gasteiger partial charge is 0.114 e. The molecule has 0 fully saturated rings. The van der Waals surface area contributed by atoms with Crippen molar-refractivity contribution in [3.05, 3.63) is 22.7 Å². The molecule has 13 heavy (non-hydrogen) atoms. The Morgan fingerprint density at radius 1 is 1.38 bits per heavy atom. The van der Waals surface area contributed by atoms with Crippen LogP contribution < -0.4 is 0 Å². The van der Waals surface area contributed by atoms with Crippen LogP contribution in [0.3, 0.4) is 0 Å². The van der Waals surface area contributed by atoms with E-state index in [0.717, 1.165) is 26.9 Å². The monoisotopic (exact) mass is 259 g/mol. The van der Waals surface area contributed by atoms with Crippen LogP contribution in [0.1, 0.15) is 5.56 Å². The highest BCUT2D eigenvalue weighted by Gasteiger charge is 2.05. The Morgan fingerprint density at radius 2 is 2.00 bits per heavy atom. The Hall–Kier alpha value is -0.610. The minimum absolute atomic E-state index is 0.727. The van der Waals surface area contributed by atoms with Crippen LogP contribution in [0, 0.1) is 0 Å². The fourth-order valence-corrected chi connectivity index (χ4v) is 2.04. The van der Waals surface area contributed by atoms with E-state index in [-0.39, 0.29) is 0 Å². The van der Waals surface area contributed by atoms with Gasteiger partial charge >= 0.3 is 0 Å². The van der Waals surface area contributed by atoms with Gasteiger partial charge in [-0.1, -0.05) is 27.5 Å². The minimum atomic E-state index is 0.727. The normalized spacial score (nSPS) is 11.0. The summed E-state index contributed by atoms with van der Waals surface area (Å²) >= 11 is 9.37. The summed E-state index contributed by atoms with van der Waals surface area (Å²) < 4.78 is 0. The zero-order valence-electron chi connectivity index (χ0n) is 6.96. The third kappa shape index (κ3) is 1.56. The van der Waals surface area contributed by atoms with Gasteiger partial charge in [0.1, 0.15) is 11.0 Å². The highest BCUT2D eigenvalue weighted by atomic mass is 79.9. The molecule has 68 valence electrons. The molecule has 0 aliphatic carbocycles. The van der Waals surface area contributed by atoms with Crippen LogP contribution in [0.2, 0.25) is 5.02 Å². The van der Waals surface area contributed by atoms with Crippen molar-refractivity contribution in [3.8, 4) is 0 Å². The molecule has 1 aromatic carbocycles. The quantitative estimate of drug-likeness (QED) is 0.738. The maximum Gasteiger partial charge on any atom is 0.114 e. The summed E-state index contributed by atoms with van der Waals surface area (Å²) in [6.45, 7) is 0. The Bertz CT molecular complexity index is 452. The number of nitrogens with zero attached hydrogens (tertiary/aromatic N) is 3. The molecule has 0 unspecified atom stereocenters. The first-order valence-electron chi connectivity index (χ1n) is 3.76. The molecular formula is C8H7BrClN3. The molecule has 0 atom stereocenters. The molecule has 0 N–H and O–H groups in total. The van der Waals surface area contributed by atoms with Gasteiger partial charge in [-0.2, -0.15) is 15.0 Å². The van der Waals surface area contributed by atoms with Crippen molar-refractivity contribution in [1.29, 1.82) is 0 Å². The molecule has 1 aromatic heterocycles. The number of alkyl halides is 1. The predicted octanol–water partition coefficient (Wildman–Crippen LogP) is 2.52. The van der Waals surface area contributed by atoms with Crippen molar-refractivity contribution >= 4 is 38.6 Å². The van der Waals surface area contributed by atoms with Gasteiger partial charge in [0.05, 0.1) is 0 Å². The molecule has 5 heteroatoms. The zero-order valence-corrected chi connectivity index (χ0v) is 9.30. The Morgan fingerprint density at radius 3 is 2.62 bits per heavy atom. The minimum Gasteiger partial charge on any atom is -0.187 e. The number of halogens is 2. The molecule has 0 spiro atoms. The fourth-order valence-electron chi connectivity index (χ4n) is 1.19. The van der Waals surface area contributed by atoms with Crippen LogP contribution in [-0.2, 0) is 12.4 Å². The van der Waals surface area contributed by atoms with E-state index in [9.17, 15) is 0 Å². The highest BCUT2D eigenvalue weighted by Crippen LogP contribution is 2.23. The molecule has 0 amide bonds. The number of aryl methyl sites for hydroxylation is 1. The third-order valence-corrected chi connectivity index (χ3v) is 2.75. The summed E-state index contributed by atoms with van der Waals surface area (Å²) in [5.74, 6) is 0. The molecule has 1 heterocycles. The van der Waals surface area contributed by atoms with Crippen molar-refractivity contribution < 1.29 is 0 Å². The van der Waals surface area contributed by atoms with Gasteiger partial charge in [-0.25, -0.2) is 0 Å². The van der Waals surface area contributed by atoms with Gasteiger partial charge in [0.25, 0.3) is 0 Å². The van der Waals surface area contributed by atoms with E-state index in [4.69, 9.17) is 11.6 Å². The Labute approximate surface area is 88.8 Å². The van der Waals surface area contributed by atoms with Crippen molar-refractivity contribution in [1.82, 2.24) is 15.0 Å². The topological polar surface area (TPSA) is 30.7 Å². The molecule has 0 bridgehead atoms. The fraction of sp³-hybridized carbons (Fsp3) is 0.250. The van der Waals surface area contributed by atoms with Gasteiger partial charge in [0.15, 0.2) is 0 Å². The lowest BCUT2D eigenvalue weighted by Crippen LogP contribution is -1.90. The molecule has 0 saturated carbocycles. The summed E-state index contributed by atoms with van der Waals surface area (Å²) in [4.78, 5) is 1.54. The van der Waals surface area contributed by atoms with E-state index in [0.29, 0.717) is 0 Å². The Kier molecular flexibility index (Phi) is 2.26. The average molecular weight is 261 g/mol. The third-order valence-electron chi connectivity index (χ3n) is 1.79. The van der Waals surface area contributed by atoms with E-state index in [1.165, 1.54) is 0 Å². The number of rotatable bonds is 1. The first-order chi connectivity index (χ1) is 6.20. The van der Waals surface area contributed by atoms with Crippen molar-refractivity contribution in [2.45, 2.75) is 5.33 Å². The SMILES string of the molecule is Cn1nc2cc(Cl)c(CBr)cc2n1. The number of hydrogen-bond acceptors (Lipinski definition) is 2. The summed E-state index contributed by atoms with van der Waals surface area (Å²) in [5.41, 5.74) is 2.74. The molecule has 2 rings (SSSR count). The molecule has 3 nitrogen and oxygen atoms in total. The van der Waals surface area contributed by atoms with Crippen LogP contribution >= 0.6 is 27.5 Å².